The number of carboxylic acids is 1. The van der Waals surface area contributed by atoms with Gasteiger partial charge in [0.05, 0.1) is 6.04 Å². The van der Waals surface area contributed by atoms with Crippen molar-refractivity contribution in [2.45, 2.75) is 17.9 Å². The minimum absolute atomic E-state index is 0.0944. The standard InChI is InChI=1S/C16H17NO4S2/c1-10(17-16(20)15-13(22-2)7-8-23-15)11-3-5-12(6-4-11)21-9-14(18)19/h3-8,10H,9H2,1-2H3,(H,17,20)(H,18,19). The Morgan fingerprint density at radius 3 is 2.61 bits per heavy atom. The molecule has 23 heavy (non-hydrogen) atoms. The predicted molar refractivity (Wildman–Crippen MR) is 91.6 cm³/mol. The highest BCUT2D eigenvalue weighted by Gasteiger charge is 2.16. The summed E-state index contributed by atoms with van der Waals surface area (Å²) in [5.74, 6) is -0.629. The second-order valence-electron chi connectivity index (χ2n) is 4.76. The number of carboxylic acid groups (broad SMARTS) is 1. The van der Waals surface area contributed by atoms with Crippen LogP contribution < -0.4 is 10.1 Å². The Hall–Kier alpha value is -1.99. The van der Waals surface area contributed by atoms with Gasteiger partial charge in [-0.1, -0.05) is 12.1 Å². The molecule has 1 heterocycles. The fourth-order valence-corrected chi connectivity index (χ4v) is 3.62. The smallest absolute Gasteiger partial charge is 0.341 e. The van der Waals surface area contributed by atoms with Crippen molar-refractivity contribution >= 4 is 35.0 Å². The normalized spacial score (nSPS) is 11.7. The minimum Gasteiger partial charge on any atom is -0.482 e. The van der Waals surface area contributed by atoms with Crippen LogP contribution in [0.2, 0.25) is 0 Å². The summed E-state index contributed by atoms with van der Waals surface area (Å²) < 4.78 is 5.08. The fraction of sp³-hybridized carbons (Fsp3) is 0.250. The summed E-state index contributed by atoms with van der Waals surface area (Å²) in [6, 6.07) is 8.79. The number of nitrogens with one attached hydrogen (secondary N) is 1. The van der Waals surface area contributed by atoms with E-state index in [9.17, 15) is 9.59 Å². The van der Waals surface area contributed by atoms with Crippen LogP contribution in [-0.2, 0) is 4.79 Å². The molecule has 1 atom stereocenters. The lowest BCUT2D eigenvalue weighted by Gasteiger charge is -2.15. The van der Waals surface area contributed by atoms with Gasteiger partial charge in [-0.05, 0) is 42.3 Å². The van der Waals surface area contributed by atoms with Gasteiger partial charge in [0.2, 0.25) is 0 Å². The molecule has 1 aromatic carbocycles. The molecular weight excluding hydrogens is 334 g/mol. The molecule has 2 N–H and O–H groups in total. The van der Waals surface area contributed by atoms with Crippen molar-refractivity contribution in [1.82, 2.24) is 5.32 Å². The maximum atomic E-state index is 12.3. The van der Waals surface area contributed by atoms with Crippen molar-refractivity contribution in [3.8, 4) is 5.75 Å². The molecular formula is C16H17NO4S2. The van der Waals surface area contributed by atoms with Gasteiger partial charge in [-0.25, -0.2) is 4.79 Å². The highest BCUT2D eigenvalue weighted by atomic mass is 32.2. The van der Waals surface area contributed by atoms with Crippen LogP contribution in [0.25, 0.3) is 0 Å². The molecule has 1 amide bonds. The molecule has 0 bridgehead atoms. The summed E-state index contributed by atoms with van der Waals surface area (Å²) in [5, 5.41) is 13.4. The maximum absolute atomic E-state index is 12.3. The van der Waals surface area contributed by atoms with Crippen molar-refractivity contribution < 1.29 is 19.4 Å². The van der Waals surface area contributed by atoms with Gasteiger partial charge in [0.1, 0.15) is 10.6 Å². The Kier molecular flexibility index (Phi) is 6.06. The number of benzene rings is 1. The van der Waals surface area contributed by atoms with Crippen LogP contribution in [0.4, 0.5) is 0 Å². The molecule has 1 aromatic heterocycles. The van der Waals surface area contributed by atoms with Gasteiger partial charge in [-0.2, -0.15) is 0 Å². The molecule has 7 heteroatoms. The number of carbonyl (C=O) groups excluding carboxylic acids is 1. The second kappa shape index (κ2) is 8.03. The first-order chi connectivity index (χ1) is 11.0. The number of ether oxygens (including phenoxy) is 1. The van der Waals surface area contributed by atoms with Crippen molar-refractivity contribution in [3.05, 3.63) is 46.2 Å². The third-order valence-corrected chi connectivity index (χ3v) is 4.97. The molecule has 1 unspecified atom stereocenters. The van der Waals surface area contributed by atoms with Crippen molar-refractivity contribution in [2.75, 3.05) is 12.9 Å². The zero-order valence-corrected chi connectivity index (χ0v) is 14.4. The molecule has 2 rings (SSSR count). The first-order valence-corrected chi connectivity index (χ1v) is 8.98. The monoisotopic (exact) mass is 351 g/mol. The van der Waals surface area contributed by atoms with Crippen LogP contribution >= 0.6 is 23.1 Å². The molecule has 0 radical (unpaired) electrons. The number of thioether (sulfide) groups is 1. The first kappa shape index (κ1) is 17.4. The van der Waals surface area contributed by atoms with E-state index in [1.807, 2.05) is 36.8 Å². The SMILES string of the molecule is CSc1ccsc1C(=O)NC(C)c1ccc(OCC(=O)O)cc1. The van der Waals surface area contributed by atoms with E-state index < -0.39 is 5.97 Å². The van der Waals surface area contributed by atoms with Gasteiger partial charge in [0.15, 0.2) is 6.61 Å². The third kappa shape index (κ3) is 4.74. The lowest BCUT2D eigenvalue weighted by molar-refractivity contribution is -0.139. The lowest BCUT2D eigenvalue weighted by atomic mass is 10.1. The van der Waals surface area contributed by atoms with E-state index in [2.05, 4.69) is 5.32 Å². The Labute approximate surface area is 142 Å². The van der Waals surface area contributed by atoms with Crippen LogP contribution in [0.3, 0.4) is 0 Å². The zero-order chi connectivity index (χ0) is 16.8. The number of aliphatic carboxylic acids is 1. The van der Waals surface area contributed by atoms with Gasteiger partial charge < -0.3 is 15.2 Å². The number of thiophene rings is 1. The van der Waals surface area contributed by atoms with Crippen molar-refractivity contribution in [1.29, 1.82) is 0 Å². The Balaban J connectivity index is 1.99. The Bertz CT molecular complexity index is 682. The van der Waals surface area contributed by atoms with Crippen LogP contribution in [0, 0.1) is 0 Å². The van der Waals surface area contributed by atoms with E-state index in [-0.39, 0.29) is 18.6 Å². The summed E-state index contributed by atoms with van der Waals surface area (Å²) >= 11 is 2.97. The summed E-state index contributed by atoms with van der Waals surface area (Å²) in [6.07, 6.45) is 1.94. The Morgan fingerprint density at radius 2 is 2.00 bits per heavy atom. The molecule has 0 aliphatic rings. The first-order valence-electron chi connectivity index (χ1n) is 6.88. The number of rotatable bonds is 7. The van der Waals surface area contributed by atoms with Gasteiger partial charge in [0.25, 0.3) is 5.91 Å². The topological polar surface area (TPSA) is 75.6 Å². The van der Waals surface area contributed by atoms with Crippen LogP contribution in [-0.4, -0.2) is 29.8 Å². The molecule has 5 nitrogen and oxygen atoms in total. The second-order valence-corrected chi connectivity index (χ2v) is 6.53. The number of carbonyl (C=O) groups is 2. The van der Waals surface area contributed by atoms with Crippen LogP contribution in [0.15, 0.2) is 40.6 Å². The average Bonchev–Trinajstić information content (AvgIpc) is 3.02. The summed E-state index contributed by atoms with van der Waals surface area (Å²) in [4.78, 5) is 24.5. The molecule has 0 aliphatic carbocycles. The molecule has 0 fully saturated rings. The largest absolute Gasteiger partial charge is 0.482 e. The van der Waals surface area contributed by atoms with Gasteiger partial charge in [-0.15, -0.1) is 23.1 Å². The molecule has 2 aromatic rings. The third-order valence-electron chi connectivity index (χ3n) is 3.15. The Morgan fingerprint density at radius 1 is 1.30 bits per heavy atom. The van der Waals surface area contributed by atoms with E-state index >= 15 is 0 Å². The molecule has 0 saturated carbocycles. The van der Waals surface area contributed by atoms with E-state index in [0.717, 1.165) is 10.5 Å². The van der Waals surface area contributed by atoms with Crippen LogP contribution in [0.5, 0.6) is 5.75 Å². The van der Waals surface area contributed by atoms with E-state index in [1.165, 1.54) is 11.3 Å². The predicted octanol–water partition coefficient (Wildman–Crippen LogP) is 3.42. The van der Waals surface area contributed by atoms with E-state index in [1.54, 1.807) is 23.9 Å². The minimum atomic E-state index is -1.02. The van der Waals surface area contributed by atoms with Crippen molar-refractivity contribution in [2.24, 2.45) is 0 Å². The van der Waals surface area contributed by atoms with Gasteiger partial charge in [-0.3, -0.25) is 4.79 Å². The number of hydrogen-bond donors (Lipinski definition) is 2. The highest BCUT2D eigenvalue weighted by molar-refractivity contribution is 7.98. The molecule has 0 spiro atoms. The summed E-state index contributed by atoms with van der Waals surface area (Å²) in [7, 11) is 0. The van der Waals surface area contributed by atoms with E-state index in [4.69, 9.17) is 9.84 Å². The summed E-state index contributed by atoms with van der Waals surface area (Å²) in [5.41, 5.74) is 0.920. The number of hydrogen-bond acceptors (Lipinski definition) is 5. The number of amides is 1. The molecule has 0 saturated heterocycles. The van der Waals surface area contributed by atoms with Crippen molar-refractivity contribution in [3.63, 3.8) is 0 Å². The fourth-order valence-electron chi connectivity index (χ4n) is 1.97. The summed E-state index contributed by atoms with van der Waals surface area (Å²) in [6.45, 7) is 1.53. The lowest BCUT2D eigenvalue weighted by Crippen LogP contribution is -2.26. The van der Waals surface area contributed by atoms with Crippen LogP contribution in [0.1, 0.15) is 28.2 Å². The zero-order valence-electron chi connectivity index (χ0n) is 12.7. The highest BCUT2D eigenvalue weighted by Crippen LogP contribution is 2.26. The quantitative estimate of drug-likeness (QED) is 0.748. The van der Waals surface area contributed by atoms with Gasteiger partial charge in [0, 0.05) is 4.90 Å². The van der Waals surface area contributed by atoms with Gasteiger partial charge >= 0.3 is 5.97 Å². The average molecular weight is 351 g/mol. The molecule has 0 aliphatic heterocycles. The molecule has 122 valence electrons. The van der Waals surface area contributed by atoms with E-state index in [0.29, 0.717) is 10.6 Å². The maximum Gasteiger partial charge on any atom is 0.341 e.